The van der Waals surface area contributed by atoms with E-state index >= 15 is 0 Å². The molecule has 1 fully saturated rings. The highest BCUT2D eigenvalue weighted by Crippen LogP contribution is 2.20. The van der Waals surface area contributed by atoms with E-state index in [2.05, 4.69) is 4.74 Å². The fourth-order valence-electron chi connectivity index (χ4n) is 0.970. The maximum Gasteiger partial charge on any atom is 0.186 e. The van der Waals surface area contributed by atoms with Crippen molar-refractivity contribution in [3.8, 4) is 0 Å². The molecule has 0 aromatic rings. The second kappa shape index (κ2) is 4.32. The lowest BCUT2D eigenvalue weighted by atomic mass is 9.99. The van der Waals surface area contributed by atoms with Crippen LogP contribution in [0.2, 0.25) is 0 Å². The van der Waals surface area contributed by atoms with Crippen LogP contribution in [0.4, 0.5) is 0 Å². The Kier molecular flexibility index (Phi) is 2.36. The molecule has 1 saturated heterocycles. The molecule has 0 aromatic heterocycles. The molecule has 0 amide bonds. The van der Waals surface area contributed by atoms with Crippen molar-refractivity contribution in [3.63, 3.8) is 0 Å². The van der Waals surface area contributed by atoms with Crippen molar-refractivity contribution in [3.05, 3.63) is 0 Å². The normalized spacial score (nSPS) is 66.7. The highest BCUT2D eigenvalue weighted by molar-refractivity contribution is 4.88. The molecule has 5 atom stereocenters. The summed E-state index contributed by atoms with van der Waals surface area (Å²) >= 11 is 0. The van der Waals surface area contributed by atoms with Gasteiger partial charge in [0.25, 0.3) is 0 Å². The van der Waals surface area contributed by atoms with Crippen LogP contribution >= 0.6 is 0 Å². The topological polar surface area (TPSA) is 99.4 Å². The lowest BCUT2D eigenvalue weighted by Gasteiger charge is -2.38. The van der Waals surface area contributed by atoms with E-state index in [-0.39, 0.29) is 0 Å². The Morgan fingerprint density at radius 2 is 1.92 bits per heavy atom. The third-order valence-corrected chi connectivity index (χ3v) is 1.68. The van der Waals surface area contributed by atoms with Crippen molar-refractivity contribution in [2.75, 3.05) is 13.7 Å². The third-order valence-electron chi connectivity index (χ3n) is 1.68. The number of hydrogen-bond acceptors (Lipinski definition) is 6. The summed E-state index contributed by atoms with van der Waals surface area (Å²) in [6, 6.07) is 0. The van der Waals surface area contributed by atoms with Crippen LogP contribution in [0.25, 0.3) is 0 Å². The molecule has 1 heterocycles. The van der Waals surface area contributed by atoms with Gasteiger partial charge in [0.05, 0.1) is 10.7 Å². The van der Waals surface area contributed by atoms with E-state index in [1.807, 2.05) is 0 Å². The summed E-state index contributed by atoms with van der Waals surface area (Å²) in [6.07, 6.45) is -12.9. The summed E-state index contributed by atoms with van der Waals surface area (Å²) in [4.78, 5) is 0. The molecule has 78 valence electrons. The molecule has 0 saturated carbocycles. The summed E-state index contributed by atoms with van der Waals surface area (Å²) in [5, 5.41) is 37.4. The number of methoxy groups -OCH3 is 1. The summed E-state index contributed by atoms with van der Waals surface area (Å²) in [5.74, 6) is 0. The fraction of sp³-hybridized carbons (Fsp3) is 1.00. The Labute approximate surface area is 79.5 Å². The van der Waals surface area contributed by atoms with Crippen molar-refractivity contribution < 1.29 is 34.0 Å². The van der Waals surface area contributed by atoms with E-state index in [0.29, 0.717) is 0 Å². The van der Waals surface area contributed by atoms with Gasteiger partial charge in [-0.3, -0.25) is 0 Å². The first-order valence-corrected chi connectivity index (χ1v) is 3.59. The van der Waals surface area contributed by atoms with Crippen molar-refractivity contribution in [2.24, 2.45) is 0 Å². The number of ether oxygens (including phenoxy) is 2. The van der Waals surface area contributed by atoms with E-state index in [0.717, 1.165) is 7.11 Å². The molecule has 6 heteroatoms. The quantitative estimate of drug-likeness (QED) is 0.388. The lowest BCUT2D eigenvalue weighted by Crippen LogP contribution is -2.58. The number of rotatable bonds is 2. The van der Waals surface area contributed by atoms with Gasteiger partial charge >= 0.3 is 0 Å². The Morgan fingerprint density at radius 1 is 1.31 bits per heavy atom. The molecule has 6 nitrogen and oxygen atoms in total. The van der Waals surface area contributed by atoms with Crippen molar-refractivity contribution in [1.82, 2.24) is 0 Å². The van der Waals surface area contributed by atoms with Gasteiger partial charge in [-0.05, 0) is 0 Å². The predicted molar refractivity (Wildman–Crippen MR) is 40.8 cm³/mol. The molecule has 4 N–H and O–H groups in total. The Balaban J connectivity index is 3.18. The van der Waals surface area contributed by atoms with Crippen LogP contribution in [0.3, 0.4) is 0 Å². The molecule has 1 rings (SSSR count). The molecular weight excluding hydrogens is 180 g/mol. The fourth-order valence-corrected chi connectivity index (χ4v) is 0.970. The van der Waals surface area contributed by atoms with Crippen LogP contribution in [0, 0.1) is 0 Å². The standard InChI is InChI=1S/C7H14O6/c1-12-7-6(11)5(10)4(9)3(2-8)13-7/h3-11H,2H2,1H3/t3-,4+,5+,6-,7-/m1/s1/i4D,5D,6D. The number of aliphatic hydroxyl groups excluding tert-OH is 1. The molecule has 0 aromatic carbocycles. The van der Waals surface area contributed by atoms with Crippen LogP contribution in [0.15, 0.2) is 0 Å². The van der Waals surface area contributed by atoms with Gasteiger partial charge in [0.2, 0.25) is 0 Å². The summed E-state index contributed by atoms with van der Waals surface area (Å²) in [5.41, 5.74) is 0. The Bertz CT molecular complexity index is 245. The minimum absolute atomic E-state index is 0.878. The van der Waals surface area contributed by atoms with E-state index in [1.165, 1.54) is 0 Å². The van der Waals surface area contributed by atoms with Gasteiger partial charge in [-0.15, -0.1) is 0 Å². The largest absolute Gasteiger partial charge is 0.394 e. The van der Waals surface area contributed by atoms with Gasteiger partial charge in [0.1, 0.15) is 24.3 Å². The number of aliphatic hydroxyl groups is 4. The van der Waals surface area contributed by atoms with E-state index < -0.39 is 37.2 Å². The zero-order chi connectivity index (χ0) is 12.8. The summed E-state index contributed by atoms with van der Waals surface area (Å²) < 4.78 is 31.2. The minimum Gasteiger partial charge on any atom is -0.394 e. The lowest BCUT2D eigenvalue weighted by molar-refractivity contribution is -0.294. The first kappa shape index (κ1) is 7.10. The van der Waals surface area contributed by atoms with Crippen LogP contribution in [0.5, 0.6) is 0 Å². The molecule has 0 bridgehead atoms. The SMILES string of the molecule is [2H][C@@]1(O)[C@@]([2H])(O)[C@H](OC)O[C@H](CO)[C@]1([2H])O. The van der Waals surface area contributed by atoms with Gasteiger partial charge in [0.15, 0.2) is 6.29 Å². The van der Waals surface area contributed by atoms with Crippen LogP contribution < -0.4 is 0 Å². The van der Waals surface area contributed by atoms with Crippen molar-refractivity contribution in [2.45, 2.75) is 30.6 Å². The second-order valence-electron chi connectivity index (χ2n) is 2.49. The molecule has 0 spiro atoms. The Morgan fingerprint density at radius 3 is 2.38 bits per heavy atom. The van der Waals surface area contributed by atoms with Gasteiger partial charge in [-0.1, -0.05) is 0 Å². The zero-order valence-electron chi connectivity index (χ0n) is 9.97. The zero-order valence-corrected chi connectivity index (χ0v) is 6.97. The molecule has 1 aliphatic heterocycles. The van der Waals surface area contributed by atoms with E-state index in [4.69, 9.17) is 14.0 Å². The first-order chi connectivity index (χ1) is 7.12. The van der Waals surface area contributed by atoms with Crippen LogP contribution in [0.1, 0.15) is 4.11 Å². The van der Waals surface area contributed by atoms with Gasteiger partial charge in [-0.2, -0.15) is 0 Å². The molecule has 0 aliphatic carbocycles. The van der Waals surface area contributed by atoms with Gasteiger partial charge in [-0.25, -0.2) is 0 Å². The smallest absolute Gasteiger partial charge is 0.186 e. The monoisotopic (exact) mass is 197 g/mol. The molecule has 1 aliphatic rings. The average molecular weight is 197 g/mol. The van der Waals surface area contributed by atoms with Crippen molar-refractivity contribution >= 4 is 0 Å². The van der Waals surface area contributed by atoms with Gasteiger partial charge in [0, 0.05) is 7.11 Å². The molecular formula is C7H14O6. The summed E-state index contributed by atoms with van der Waals surface area (Å²) in [7, 11) is 1.04. The van der Waals surface area contributed by atoms with Crippen LogP contribution in [-0.4, -0.2) is 64.8 Å². The average Bonchev–Trinajstić information content (AvgIpc) is 2.16. The molecule has 0 unspecified atom stereocenters. The van der Waals surface area contributed by atoms with Crippen molar-refractivity contribution in [1.29, 1.82) is 0 Å². The summed E-state index contributed by atoms with van der Waals surface area (Å²) in [6.45, 7) is -0.878. The predicted octanol–water partition coefficient (Wildman–Crippen LogP) is -2.57. The number of hydrogen-bond donors (Lipinski definition) is 4. The second-order valence-corrected chi connectivity index (χ2v) is 2.49. The Hall–Kier alpha value is -0.240. The van der Waals surface area contributed by atoms with E-state index in [1.54, 1.807) is 0 Å². The molecule has 13 heavy (non-hydrogen) atoms. The minimum atomic E-state index is -3.30. The maximum absolute atomic E-state index is 9.55. The first-order valence-electron chi connectivity index (χ1n) is 5.09. The van der Waals surface area contributed by atoms with Gasteiger partial charge < -0.3 is 29.9 Å². The van der Waals surface area contributed by atoms with Crippen LogP contribution in [-0.2, 0) is 9.47 Å². The highest BCUT2D eigenvalue weighted by atomic mass is 16.7. The maximum atomic E-state index is 9.55. The molecule has 0 radical (unpaired) electrons. The van der Waals surface area contributed by atoms with E-state index in [9.17, 15) is 15.3 Å². The third kappa shape index (κ3) is 1.98. The highest BCUT2D eigenvalue weighted by Gasteiger charge is 2.43.